The number of nitrogens with one attached hydrogen (secondary N) is 1. The van der Waals surface area contributed by atoms with Crippen LogP contribution in [0.2, 0.25) is 0 Å². The van der Waals surface area contributed by atoms with E-state index in [1.807, 2.05) is 18.2 Å². The molecule has 0 spiro atoms. The molecule has 2 amide bonds. The van der Waals surface area contributed by atoms with Gasteiger partial charge in [0.1, 0.15) is 16.7 Å². The van der Waals surface area contributed by atoms with Crippen LogP contribution in [0.15, 0.2) is 57.9 Å². The maximum atomic E-state index is 13.8. The van der Waals surface area contributed by atoms with Gasteiger partial charge in [0.15, 0.2) is 0 Å². The number of H-pyrrole nitrogens is 1. The lowest BCUT2D eigenvalue weighted by molar-refractivity contribution is -0.149. The van der Waals surface area contributed by atoms with Crippen molar-refractivity contribution >= 4 is 48.7 Å². The van der Waals surface area contributed by atoms with Crippen LogP contribution in [-0.4, -0.2) is 91.3 Å². The van der Waals surface area contributed by atoms with Crippen LogP contribution < -0.4 is 5.73 Å². The van der Waals surface area contributed by atoms with Crippen LogP contribution in [-0.2, 0) is 26.1 Å². The summed E-state index contributed by atoms with van der Waals surface area (Å²) >= 11 is 3.36. The topological polar surface area (TPSA) is 129 Å². The Kier molecular flexibility index (Phi) is 7.37. The zero-order valence-corrected chi connectivity index (χ0v) is 22.5. The molecule has 1 unspecified atom stereocenters. The normalized spacial score (nSPS) is 19.8. The molecule has 3 heterocycles. The summed E-state index contributed by atoms with van der Waals surface area (Å²) in [6, 6.07) is 15.2. The number of benzene rings is 2. The summed E-state index contributed by atoms with van der Waals surface area (Å²) in [7, 11) is -4.16. The van der Waals surface area contributed by atoms with Crippen LogP contribution in [0.4, 0.5) is 0 Å². The minimum Gasteiger partial charge on any atom is -0.366 e. The van der Waals surface area contributed by atoms with Gasteiger partial charge in [-0.2, -0.15) is 4.31 Å². The number of ether oxygens (including phenoxy) is 1. The third-order valence-electron chi connectivity index (χ3n) is 6.79. The number of aromatic amines is 1. The fraction of sp³-hybridized carbons (Fsp3) is 0.360. The second kappa shape index (κ2) is 10.5. The molecule has 3 N–H and O–H groups in total. The second-order valence-corrected chi connectivity index (χ2v) is 12.0. The van der Waals surface area contributed by atoms with Gasteiger partial charge in [0, 0.05) is 61.2 Å². The largest absolute Gasteiger partial charge is 0.366 e. The molecule has 1 atom stereocenters. The summed E-state index contributed by atoms with van der Waals surface area (Å²) in [5, 5.41) is 0.354. The van der Waals surface area contributed by atoms with Crippen LogP contribution >= 0.6 is 15.9 Å². The quantitative estimate of drug-likeness (QED) is 0.451. The van der Waals surface area contributed by atoms with Crippen molar-refractivity contribution in [2.45, 2.75) is 17.5 Å². The molecule has 2 aromatic carbocycles. The van der Waals surface area contributed by atoms with E-state index in [-0.39, 0.29) is 36.2 Å². The number of amides is 2. The van der Waals surface area contributed by atoms with E-state index in [1.165, 1.54) is 9.87 Å². The molecule has 1 aromatic heterocycles. The van der Waals surface area contributed by atoms with Crippen LogP contribution in [0.3, 0.4) is 0 Å². The van der Waals surface area contributed by atoms with Crippen molar-refractivity contribution in [2.75, 3.05) is 45.9 Å². The molecule has 0 radical (unpaired) electrons. The molecule has 2 fully saturated rings. The first-order valence-corrected chi connectivity index (χ1v) is 14.2. The first kappa shape index (κ1) is 25.9. The summed E-state index contributed by atoms with van der Waals surface area (Å²) in [4.78, 5) is 32.1. The van der Waals surface area contributed by atoms with Crippen molar-refractivity contribution in [3.8, 4) is 0 Å². The third-order valence-corrected chi connectivity index (χ3v) is 9.24. The Bertz CT molecular complexity index is 1420. The number of aromatic nitrogens is 1. The lowest BCUT2D eigenvalue weighted by Crippen LogP contribution is -2.56. The van der Waals surface area contributed by atoms with E-state index in [4.69, 9.17) is 10.5 Å². The van der Waals surface area contributed by atoms with E-state index < -0.39 is 22.0 Å². The molecule has 12 heteroatoms. The SMILES string of the molecule is NC(=O)c1[nH]c2ccc(Br)cc2c1S(=O)(=O)N1CCOC(C(=O)N2CCN(Cc3ccccc3)CC2)C1. The number of nitrogens with zero attached hydrogens (tertiary/aromatic N) is 3. The monoisotopic (exact) mass is 589 g/mol. The number of primary amides is 1. The summed E-state index contributed by atoms with van der Waals surface area (Å²) in [6.45, 7) is 3.35. The molecule has 0 bridgehead atoms. The Balaban J connectivity index is 1.30. The van der Waals surface area contributed by atoms with Gasteiger partial charge in [-0.25, -0.2) is 8.42 Å². The minimum atomic E-state index is -4.16. The van der Waals surface area contributed by atoms with Gasteiger partial charge in [-0.15, -0.1) is 0 Å². The number of halogens is 1. The van der Waals surface area contributed by atoms with E-state index in [0.717, 1.165) is 19.6 Å². The zero-order chi connectivity index (χ0) is 26.2. The van der Waals surface area contributed by atoms with Gasteiger partial charge in [0.2, 0.25) is 10.0 Å². The van der Waals surface area contributed by atoms with E-state index in [2.05, 4.69) is 37.9 Å². The first-order valence-electron chi connectivity index (χ1n) is 12.0. The smallest absolute Gasteiger partial charge is 0.266 e. The fourth-order valence-electron chi connectivity index (χ4n) is 4.87. The Morgan fingerprint density at radius 3 is 2.49 bits per heavy atom. The van der Waals surface area contributed by atoms with Crippen molar-refractivity contribution in [1.29, 1.82) is 0 Å². The van der Waals surface area contributed by atoms with Crippen molar-refractivity contribution in [3.05, 3.63) is 64.3 Å². The predicted molar refractivity (Wildman–Crippen MR) is 141 cm³/mol. The number of rotatable bonds is 6. The van der Waals surface area contributed by atoms with Crippen LogP contribution in [0, 0.1) is 0 Å². The van der Waals surface area contributed by atoms with Crippen molar-refractivity contribution in [1.82, 2.24) is 19.1 Å². The van der Waals surface area contributed by atoms with E-state index in [0.29, 0.717) is 28.5 Å². The average molecular weight is 591 g/mol. The molecule has 0 aliphatic carbocycles. The van der Waals surface area contributed by atoms with Crippen LogP contribution in [0.1, 0.15) is 16.1 Å². The fourth-order valence-corrected chi connectivity index (χ4v) is 7.00. The van der Waals surface area contributed by atoms with E-state index in [1.54, 1.807) is 23.1 Å². The zero-order valence-electron chi connectivity index (χ0n) is 20.1. The standard InChI is InChI=1S/C25H28BrN5O5S/c26-18-6-7-20-19(14-18)23(22(28-20)24(27)32)37(34,35)31-12-13-36-21(16-31)25(33)30-10-8-29(9-11-30)15-17-4-2-1-3-5-17/h1-7,14,21,28H,8-13,15-16H2,(H2,27,32). The highest BCUT2D eigenvalue weighted by Gasteiger charge is 2.39. The number of piperazine rings is 1. The molecule has 2 aliphatic rings. The van der Waals surface area contributed by atoms with Crippen molar-refractivity contribution in [2.24, 2.45) is 5.73 Å². The Hall–Kier alpha value is -2.77. The molecule has 196 valence electrons. The summed E-state index contributed by atoms with van der Waals surface area (Å²) in [5.41, 5.74) is 7.04. The molecule has 37 heavy (non-hydrogen) atoms. The number of hydrogen-bond donors (Lipinski definition) is 2. The highest BCUT2D eigenvalue weighted by Crippen LogP contribution is 2.32. The highest BCUT2D eigenvalue weighted by molar-refractivity contribution is 9.10. The maximum absolute atomic E-state index is 13.8. The van der Waals surface area contributed by atoms with Crippen molar-refractivity contribution in [3.63, 3.8) is 0 Å². The van der Waals surface area contributed by atoms with Gasteiger partial charge in [0.05, 0.1) is 6.61 Å². The minimum absolute atomic E-state index is 0.0653. The van der Waals surface area contributed by atoms with Crippen molar-refractivity contribution < 1.29 is 22.7 Å². The average Bonchev–Trinajstić information content (AvgIpc) is 3.29. The molecular formula is C25H28BrN5O5S. The summed E-state index contributed by atoms with van der Waals surface area (Å²) < 4.78 is 35.1. The van der Waals surface area contributed by atoms with Gasteiger partial charge < -0.3 is 20.4 Å². The number of carbonyl (C=O) groups is 2. The number of carbonyl (C=O) groups excluding carboxylic acids is 2. The number of morpholine rings is 1. The Morgan fingerprint density at radius 2 is 1.78 bits per heavy atom. The van der Waals surface area contributed by atoms with Crippen LogP contribution in [0.25, 0.3) is 10.9 Å². The number of nitrogens with two attached hydrogens (primary N) is 1. The summed E-state index contributed by atoms with van der Waals surface area (Å²) in [5.74, 6) is -1.10. The van der Waals surface area contributed by atoms with E-state index >= 15 is 0 Å². The Morgan fingerprint density at radius 1 is 1.05 bits per heavy atom. The van der Waals surface area contributed by atoms with Gasteiger partial charge in [0.25, 0.3) is 11.8 Å². The number of fused-ring (bicyclic) bond motifs is 1. The molecular weight excluding hydrogens is 562 g/mol. The number of hydrogen-bond acceptors (Lipinski definition) is 6. The van der Waals surface area contributed by atoms with Crippen LogP contribution in [0.5, 0.6) is 0 Å². The molecule has 2 aliphatic heterocycles. The summed E-state index contributed by atoms with van der Waals surface area (Å²) in [6.07, 6.45) is -0.918. The maximum Gasteiger partial charge on any atom is 0.266 e. The molecule has 2 saturated heterocycles. The number of sulfonamides is 1. The lowest BCUT2D eigenvalue weighted by atomic mass is 10.2. The van der Waals surface area contributed by atoms with Gasteiger partial charge in [-0.05, 0) is 23.8 Å². The third kappa shape index (κ3) is 5.30. The lowest BCUT2D eigenvalue weighted by Gasteiger charge is -2.38. The van der Waals surface area contributed by atoms with Gasteiger partial charge in [-0.3, -0.25) is 14.5 Å². The molecule has 3 aromatic rings. The first-order chi connectivity index (χ1) is 17.7. The Labute approximate surface area is 223 Å². The van der Waals surface area contributed by atoms with Gasteiger partial charge >= 0.3 is 0 Å². The molecule has 5 rings (SSSR count). The van der Waals surface area contributed by atoms with Gasteiger partial charge in [-0.1, -0.05) is 46.3 Å². The highest BCUT2D eigenvalue weighted by atomic mass is 79.9. The molecule has 0 saturated carbocycles. The second-order valence-electron chi connectivity index (χ2n) is 9.19. The predicted octanol–water partition coefficient (Wildman–Crippen LogP) is 1.76. The van der Waals surface area contributed by atoms with E-state index in [9.17, 15) is 18.0 Å². The molecule has 10 nitrogen and oxygen atoms in total.